The molecule has 1 fully saturated rings. The van der Waals surface area contributed by atoms with Crippen LogP contribution < -0.4 is 29.6 Å². The van der Waals surface area contributed by atoms with Gasteiger partial charge in [0.15, 0.2) is 0 Å². The number of β-lactam (4-membered cyclic amide) rings is 1. The van der Waals surface area contributed by atoms with Crippen LogP contribution in [-0.4, -0.2) is 37.0 Å². The van der Waals surface area contributed by atoms with Gasteiger partial charge >= 0.3 is 35.5 Å². The largest absolute Gasteiger partial charge is 1.00 e. The smallest absolute Gasteiger partial charge is 1.00 e. The second kappa shape index (κ2) is 5.88. The molecule has 1 atom stereocenters. The average molecular weight is 327 g/mol. The summed E-state index contributed by atoms with van der Waals surface area (Å²) in [5.74, 6) is -1.29. The van der Waals surface area contributed by atoms with Crippen molar-refractivity contribution in [1.29, 1.82) is 0 Å². The topological polar surface area (TPSA) is 75.4 Å². The molecule has 22 heavy (non-hydrogen) atoms. The second-order valence-electron chi connectivity index (χ2n) is 5.31. The van der Waals surface area contributed by atoms with Gasteiger partial charge in [-0.25, -0.2) is 4.79 Å². The number of hydrogen-bond acceptors (Lipinski definition) is 4. The Balaban J connectivity index is 0.000000960. The first kappa shape index (κ1) is 15.9. The van der Waals surface area contributed by atoms with E-state index in [0.717, 1.165) is 25.1 Å². The fraction of sp³-hybridized carbons (Fsp3) is 0.357. The van der Waals surface area contributed by atoms with E-state index in [-0.39, 0.29) is 48.0 Å². The van der Waals surface area contributed by atoms with Crippen LogP contribution >= 0.6 is 11.8 Å². The molecule has 1 aromatic heterocycles. The summed E-state index contributed by atoms with van der Waals surface area (Å²) in [7, 11) is 0. The monoisotopic (exact) mass is 327 g/mol. The minimum atomic E-state index is -1.06. The van der Waals surface area contributed by atoms with E-state index in [1.807, 2.05) is 10.7 Å². The van der Waals surface area contributed by atoms with E-state index >= 15 is 0 Å². The number of aromatic nitrogens is 2. The van der Waals surface area contributed by atoms with Crippen LogP contribution in [0.1, 0.15) is 25.7 Å². The van der Waals surface area contributed by atoms with E-state index in [4.69, 9.17) is 5.11 Å². The Hall–Kier alpha value is -1.02. The standard InChI is InChI=1S/C14H13N3O3S.Na.H/c18-12-10(13-17(12)11(7-21-13)14(19)20)6-8-5-9-3-1-2-4-16(9)15-8;;/h5-7,13H,1-4H2,(H,19,20);;/q;+1;-1/t13-;;/m1../s1. The third kappa shape index (κ3) is 2.36. The molecule has 110 valence electrons. The summed E-state index contributed by atoms with van der Waals surface area (Å²) in [6.45, 7) is 0.932. The molecule has 0 saturated carbocycles. The zero-order chi connectivity index (χ0) is 14.6. The van der Waals surface area contributed by atoms with Crippen molar-refractivity contribution in [2.45, 2.75) is 31.2 Å². The van der Waals surface area contributed by atoms with Crippen LogP contribution in [-0.2, 0) is 22.6 Å². The third-order valence-electron chi connectivity index (χ3n) is 3.99. The number of carboxylic acid groups (broad SMARTS) is 1. The van der Waals surface area contributed by atoms with Crippen molar-refractivity contribution in [2.75, 3.05) is 0 Å². The molecule has 0 aromatic carbocycles. The van der Waals surface area contributed by atoms with Crippen LogP contribution in [0.25, 0.3) is 6.08 Å². The van der Waals surface area contributed by atoms with Crippen LogP contribution in [0.15, 0.2) is 22.7 Å². The van der Waals surface area contributed by atoms with Crippen LogP contribution in [0.3, 0.4) is 0 Å². The second-order valence-corrected chi connectivity index (χ2v) is 6.27. The molecule has 1 N–H and O–H groups in total. The van der Waals surface area contributed by atoms with Gasteiger partial charge in [-0.15, -0.1) is 11.8 Å². The van der Waals surface area contributed by atoms with E-state index in [9.17, 15) is 9.59 Å². The minimum Gasteiger partial charge on any atom is -1.00 e. The quantitative estimate of drug-likeness (QED) is 0.409. The maximum Gasteiger partial charge on any atom is 1.00 e. The first-order chi connectivity index (χ1) is 10.1. The Morgan fingerprint density at radius 3 is 3.05 bits per heavy atom. The fourth-order valence-corrected chi connectivity index (χ4v) is 4.05. The van der Waals surface area contributed by atoms with Gasteiger partial charge in [0.2, 0.25) is 0 Å². The normalized spacial score (nSPS) is 24.3. The number of rotatable bonds is 2. The number of hydrogen-bond donors (Lipinski definition) is 1. The molecule has 0 unspecified atom stereocenters. The molecular formula is C14H14N3NaO3S. The van der Waals surface area contributed by atoms with Crippen molar-refractivity contribution < 1.29 is 45.7 Å². The van der Waals surface area contributed by atoms with E-state index in [0.29, 0.717) is 5.57 Å². The van der Waals surface area contributed by atoms with Crippen LogP contribution in [0.5, 0.6) is 0 Å². The Kier molecular flexibility index (Phi) is 4.24. The van der Waals surface area contributed by atoms with Gasteiger partial charge < -0.3 is 6.53 Å². The Bertz CT molecular complexity index is 707. The third-order valence-corrected chi connectivity index (χ3v) is 5.07. The van der Waals surface area contributed by atoms with Crippen molar-refractivity contribution >= 4 is 29.7 Å². The Morgan fingerprint density at radius 1 is 1.50 bits per heavy atom. The number of fused-ring (bicyclic) bond motifs is 2. The molecule has 4 heterocycles. The zero-order valence-corrected chi connectivity index (χ0v) is 15.0. The summed E-state index contributed by atoms with van der Waals surface area (Å²) < 4.78 is 2.00. The van der Waals surface area contributed by atoms with Crippen molar-refractivity contribution in [3.63, 3.8) is 0 Å². The first-order valence-electron chi connectivity index (χ1n) is 6.86. The molecule has 1 amide bonds. The van der Waals surface area contributed by atoms with Gasteiger partial charge in [0.1, 0.15) is 11.1 Å². The van der Waals surface area contributed by atoms with E-state index < -0.39 is 5.97 Å². The van der Waals surface area contributed by atoms with Gasteiger partial charge in [0.05, 0.1) is 11.3 Å². The van der Waals surface area contributed by atoms with Crippen molar-refractivity contribution in [2.24, 2.45) is 0 Å². The number of carbonyl (C=O) groups excluding carboxylic acids is 1. The minimum absolute atomic E-state index is 0. The van der Waals surface area contributed by atoms with Crippen LogP contribution in [0, 0.1) is 0 Å². The summed E-state index contributed by atoms with van der Waals surface area (Å²) in [6, 6.07) is 2.02. The van der Waals surface area contributed by atoms with Crippen molar-refractivity contribution in [3.05, 3.63) is 34.1 Å². The summed E-state index contributed by atoms with van der Waals surface area (Å²) in [5.41, 5.74) is 2.69. The number of carbonyl (C=O) groups is 2. The maximum atomic E-state index is 12.1. The van der Waals surface area contributed by atoms with E-state index in [1.165, 1.54) is 34.2 Å². The molecule has 0 spiro atoms. The van der Waals surface area contributed by atoms with Gasteiger partial charge in [-0.1, -0.05) is 0 Å². The van der Waals surface area contributed by atoms with Gasteiger partial charge in [0, 0.05) is 17.6 Å². The SMILES string of the molecule is O=C(O)C1=CS[C@@H]2C(=Cc3cc4n(n3)CCCC4)C(=O)N12.[H-].[Na+]. The van der Waals surface area contributed by atoms with E-state index in [2.05, 4.69) is 5.10 Å². The number of thioether (sulfide) groups is 1. The van der Waals surface area contributed by atoms with Crippen LogP contribution in [0.2, 0.25) is 0 Å². The first-order valence-corrected chi connectivity index (χ1v) is 7.80. The molecule has 0 radical (unpaired) electrons. The number of carboxylic acids is 1. The van der Waals surface area contributed by atoms with E-state index in [1.54, 1.807) is 6.08 Å². The molecular weight excluding hydrogens is 313 g/mol. The van der Waals surface area contributed by atoms with Gasteiger partial charge in [0.25, 0.3) is 5.91 Å². The fourth-order valence-electron chi connectivity index (χ4n) is 2.94. The summed E-state index contributed by atoms with van der Waals surface area (Å²) in [5, 5.41) is 14.9. The number of aryl methyl sites for hydroxylation is 2. The molecule has 8 heteroatoms. The average Bonchev–Trinajstić information content (AvgIpc) is 3.05. The van der Waals surface area contributed by atoms with Crippen LogP contribution in [0.4, 0.5) is 0 Å². The van der Waals surface area contributed by atoms with Crippen molar-refractivity contribution in [1.82, 2.24) is 14.7 Å². The summed E-state index contributed by atoms with van der Waals surface area (Å²) in [6.07, 6.45) is 5.14. The van der Waals surface area contributed by atoms with Crippen molar-refractivity contribution in [3.8, 4) is 0 Å². The molecule has 1 saturated heterocycles. The van der Waals surface area contributed by atoms with Gasteiger partial charge in [-0.3, -0.25) is 14.4 Å². The molecule has 0 aliphatic carbocycles. The molecule has 0 bridgehead atoms. The molecule has 3 aliphatic heterocycles. The van der Waals surface area contributed by atoms with Gasteiger partial charge in [-0.2, -0.15) is 5.10 Å². The Morgan fingerprint density at radius 2 is 2.32 bits per heavy atom. The number of amides is 1. The molecule has 6 nitrogen and oxygen atoms in total. The predicted molar refractivity (Wildman–Crippen MR) is 78.2 cm³/mol. The number of nitrogens with zero attached hydrogens (tertiary/aromatic N) is 3. The molecule has 3 aliphatic rings. The molecule has 1 aromatic rings. The zero-order valence-electron chi connectivity index (χ0n) is 13.2. The number of aliphatic carboxylic acids is 1. The Labute approximate surface area is 155 Å². The summed E-state index contributed by atoms with van der Waals surface area (Å²) in [4.78, 5) is 24.5. The summed E-state index contributed by atoms with van der Waals surface area (Å²) >= 11 is 1.35. The predicted octanol–water partition coefficient (Wildman–Crippen LogP) is -1.44. The van der Waals surface area contributed by atoms with Gasteiger partial charge in [-0.05, 0) is 31.4 Å². The molecule has 4 rings (SSSR count). The maximum absolute atomic E-state index is 12.1.